The zero-order valence-corrected chi connectivity index (χ0v) is 19.9. The van der Waals surface area contributed by atoms with Gasteiger partial charge in [-0.15, -0.1) is 11.8 Å². The minimum Gasteiger partial charge on any atom is -0.332 e. The molecule has 5 heteroatoms. The lowest BCUT2D eigenvalue weighted by atomic mass is 10.0. The fourth-order valence-corrected chi connectivity index (χ4v) is 4.39. The Bertz CT molecular complexity index is 1240. The van der Waals surface area contributed by atoms with Crippen LogP contribution in [0, 0.1) is 6.92 Å². The minimum atomic E-state index is 0.106. The third-order valence-corrected chi connectivity index (χ3v) is 6.28. The molecule has 0 aliphatic carbocycles. The van der Waals surface area contributed by atoms with Gasteiger partial charge in [0, 0.05) is 21.8 Å². The van der Waals surface area contributed by atoms with E-state index in [1.165, 1.54) is 17.3 Å². The predicted molar refractivity (Wildman–Crippen MR) is 144 cm³/mol. The van der Waals surface area contributed by atoms with Crippen LogP contribution in [-0.2, 0) is 0 Å². The first kappa shape index (κ1) is 22.8. The Kier molecular flexibility index (Phi) is 7.55. The average Bonchev–Trinajstić information content (AvgIpc) is 2.85. The molecule has 2 N–H and O–H groups in total. The molecular weight excluding hydrogens is 444 g/mol. The number of hydrogen-bond acceptors (Lipinski definition) is 3. The van der Waals surface area contributed by atoms with E-state index < -0.39 is 0 Å². The molecule has 0 aliphatic heterocycles. The van der Waals surface area contributed by atoms with Gasteiger partial charge in [-0.25, -0.2) is 0 Å². The summed E-state index contributed by atoms with van der Waals surface area (Å²) in [6, 6.07) is 33.9. The van der Waals surface area contributed by atoms with E-state index in [0.29, 0.717) is 10.9 Å². The maximum Gasteiger partial charge on any atom is 0.175 e. The topological polar surface area (TPSA) is 41.1 Å². The molecule has 4 aromatic carbocycles. The molecule has 0 heterocycles. The molecule has 0 radical (unpaired) electrons. The van der Waals surface area contributed by atoms with E-state index in [0.717, 1.165) is 33.0 Å². The molecule has 33 heavy (non-hydrogen) atoms. The van der Waals surface area contributed by atoms with Gasteiger partial charge in [0.2, 0.25) is 0 Å². The van der Waals surface area contributed by atoms with Gasteiger partial charge in [-0.05, 0) is 60.6 Å². The number of aryl methyl sites for hydroxylation is 1. The number of thiocarbonyl (C=S) groups is 1. The minimum absolute atomic E-state index is 0.106. The number of hydrogen-bond donors (Lipinski definition) is 2. The van der Waals surface area contributed by atoms with Crippen molar-refractivity contribution >= 4 is 46.3 Å². The van der Waals surface area contributed by atoms with Gasteiger partial charge in [-0.1, -0.05) is 78.4 Å². The number of benzene rings is 4. The molecule has 3 nitrogen and oxygen atoms in total. The Hall–Kier alpha value is -3.41. The van der Waals surface area contributed by atoms with Crippen molar-refractivity contribution in [1.29, 1.82) is 0 Å². The highest BCUT2D eigenvalue weighted by atomic mass is 32.2. The fraction of sp³-hybridized carbons (Fsp3) is 0.0714. The van der Waals surface area contributed by atoms with Crippen molar-refractivity contribution in [1.82, 2.24) is 0 Å². The Morgan fingerprint density at radius 3 is 2.15 bits per heavy atom. The van der Waals surface area contributed by atoms with Crippen LogP contribution >= 0.6 is 24.0 Å². The highest BCUT2D eigenvalue weighted by molar-refractivity contribution is 8.00. The number of carbonyl (C=O) groups is 1. The quantitative estimate of drug-likeness (QED) is 0.167. The van der Waals surface area contributed by atoms with Crippen LogP contribution in [0.15, 0.2) is 108 Å². The Morgan fingerprint density at radius 2 is 1.42 bits per heavy atom. The first-order chi connectivity index (χ1) is 16.1. The number of ketones is 1. The molecule has 0 saturated carbocycles. The van der Waals surface area contributed by atoms with Crippen LogP contribution in [0.25, 0.3) is 11.1 Å². The highest BCUT2D eigenvalue weighted by Crippen LogP contribution is 2.24. The van der Waals surface area contributed by atoms with Gasteiger partial charge in [-0.3, -0.25) is 4.79 Å². The summed E-state index contributed by atoms with van der Waals surface area (Å²) >= 11 is 6.94. The van der Waals surface area contributed by atoms with Crippen molar-refractivity contribution in [3.05, 3.63) is 114 Å². The van der Waals surface area contributed by atoms with Crippen molar-refractivity contribution < 1.29 is 4.79 Å². The average molecular weight is 469 g/mol. The van der Waals surface area contributed by atoms with Crippen molar-refractivity contribution in [2.24, 2.45) is 0 Å². The molecule has 0 spiro atoms. The Labute approximate surface area is 204 Å². The van der Waals surface area contributed by atoms with E-state index in [4.69, 9.17) is 12.2 Å². The lowest BCUT2D eigenvalue weighted by molar-refractivity contribution is 0.102. The number of carbonyl (C=O) groups excluding carboxylic acids is 1. The third kappa shape index (κ3) is 6.54. The molecule has 0 aliphatic rings. The van der Waals surface area contributed by atoms with Crippen molar-refractivity contribution in [2.45, 2.75) is 11.8 Å². The van der Waals surface area contributed by atoms with E-state index in [-0.39, 0.29) is 5.78 Å². The second-order valence-corrected chi connectivity index (χ2v) is 9.09. The van der Waals surface area contributed by atoms with Crippen LogP contribution in [-0.4, -0.2) is 16.6 Å². The molecule has 4 aromatic rings. The van der Waals surface area contributed by atoms with Gasteiger partial charge in [-0.2, -0.15) is 0 Å². The van der Waals surface area contributed by atoms with Gasteiger partial charge >= 0.3 is 0 Å². The van der Waals surface area contributed by atoms with Crippen LogP contribution in [0.3, 0.4) is 0 Å². The normalized spacial score (nSPS) is 10.5. The summed E-state index contributed by atoms with van der Waals surface area (Å²) in [7, 11) is 0. The summed E-state index contributed by atoms with van der Waals surface area (Å²) in [5.74, 6) is 0.481. The standard InChI is InChI=1S/C28H24N2OS2/c1-20-10-16-24(17-11-20)29-28(32)30-25-8-5-9-26(18-25)33-19-27(31)23-14-12-22(13-15-23)21-6-3-2-4-7-21/h2-18H,19H2,1H3,(H2,29,30,32). The van der Waals surface area contributed by atoms with Gasteiger partial charge in [0.15, 0.2) is 10.9 Å². The molecule has 0 saturated heterocycles. The molecule has 0 bridgehead atoms. The fourth-order valence-electron chi connectivity index (χ4n) is 3.31. The number of anilines is 2. The van der Waals surface area contributed by atoms with E-state index in [2.05, 4.69) is 22.8 Å². The summed E-state index contributed by atoms with van der Waals surface area (Å²) in [5, 5.41) is 6.92. The van der Waals surface area contributed by atoms with Crippen LogP contribution in [0.5, 0.6) is 0 Å². The van der Waals surface area contributed by atoms with Gasteiger partial charge in [0.05, 0.1) is 5.75 Å². The second kappa shape index (κ2) is 10.9. The molecule has 164 valence electrons. The second-order valence-electron chi connectivity index (χ2n) is 7.63. The summed E-state index contributed by atoms with van der Waals surface area (Å²) in [5.41, 5.74) is 5.99. The van der Waals surface area contributed by atoms with Gasteiger partial charge < -0.3 is 10.6 Å². The maximum atomic E-state index is 12.7. The first-order valence-corrected chi connectivity index (χ1v) is 12.0. The SMILES string of the molecule is Cc1ccc(NC(=S)Nc2cccc(SCC(=O)c3ccc(-c4ccccc4)cc3)c2)cc1. The summed E-state index contributed by atoms with van der Waals surface area (Å²) in [4.78, 5) is 13.7. The van der Waals surface area contributed by atoms with E-state index in [1.807, 2.05) is 97.9 Å². The van der Waals surface area contributed by atoms with Crippen LogP contribution in [0.1, 0.15) is 15.9 Å². The Morgan fingerprint density at radius 1 is 0.758 bits per heavy atom. The lowest BCUT2D eigenvalue weighted by Gasteiger charge is -2.12. The molecule has 0 amide bonds. The molecule has 0 unspecified atom stereocenters. The zero-order valence-electron chi connectivity index (χ0n) is 18.2. The number of rotatable bonds is 7. The van der Waals surface area contributed by atoms with E-state index in [9.17, 15) is 4.79 Å². The number of nitrogens with one attached hydrogen (secondary N) is 2. The lowest BCUT2D eigenvalue weighted by Crippen LogP contribution is -2.18. The smallest absolute Gasteiger partial charge is 0.175 e. The molecular formula is C28H24N2OS2. The summed E-state index contributed by atoms with van der Waals surface area (Å²) in [6.45, 7) is 2.05. The van der Waals surface area contributed by atoms with Crippen LogP contribution in [0.2, 0.25) is 0 Å². The van der Waals surface area contributed by atoms with Crippen LogP contribution < -0.4 is 10.6 Å². The van der Waals surface area contributed by atoms with E-state index in [1.54, 1.807) is 0 Å². The monoisotopic (exact) mass is 468 g/mol. The molecule has 4 rings (SSSR count). The number of Topliss-reactive ketones (excluding diaryl/α,β-unsaturated/α-hetero) is 1. The number of thioether (sulfide) groups is 1. The van der Waals surface area contributed by atoms with Gasteiger partial charge in [0.25, 0.3) is 0 Å². The largest absolute Gasteiger partial charge is 0.332 e. The summed E-state index contributed by atoms with van der Waals surface area (Å²) < 4.78 is 0. The van der Waals surface area contributed by atoms with Crippen molar-refractivity contribution in [2.75, 3.05) is 16.4 Å². The van der Waals surface area contributed by atoms with Crippen molar-refractivity contribution in [3.8, 4) is 11.1 Å². The molecule has 0 aromatic heterocycles. The zero-order chi connectivity index (χ0) is 23.0. The highest BCUT2D eigenvalue weighted by Gasteiger charge is 2.08. The first-order valence-electron chi connectivity index (χ1n) is 10.6. The molecule has 0 atom stereocenters. The van der Waals surface area contributed by atoms with Gasteiger partial charge in [0.1, 0.15) is 0 Å². The molecule has 0 fully saturated rings. The maximum absolute atomic E-state index is 12.7. The Balaban J connectivity index is 1.32. The predicted octanol–water partition coefficient (Wildman–Crippen LogP) is 7.45. The third-order valence-electron chi connectivity index (χ3n) is 5.09. The van der Waals surface area contributed by atoms with Crippen molar-refractivity contribution in [3.63, 3.8) is 0 Å². The van der Waals surface area contributed by atoms with Crippen LogP contribution in [0.4, 0.5) is 11.4 Å². The van der Waals surface area contributed by atoms with E-state index >= 15 is 0 Å². The summed E-state index contributed by atoms with van der Waals surface area (Å²) in [6.07, 6.45) is 0.